The van der Waals surface area contributed by atoms with Crippen LogP contribution in [0.4, 0.5) is 0 Å². The summed E-state index contributed by atoms with van der Waals surface area (Å²) in [5, 5.41) is 23.2. The van der Waals surface area contributed by atoms with Crippen molar-refractivity contribution in [2.24, 2.45) is 0 Å². The number of amides is 1. The monoisotopic (exact) mass is 988 g/mol. The van der Waals surface area contributed by atoms with Gasteiger partial charge in [-0.05, 0) is 77.0 Å². The number of nitrogens with one attached hydrogen (secondary N) is 1. The minimum absolute atomic E-state index is 0.0770. The Hall–Kier alpha value is -2.43. The predicted octanol–water partition coefficient (Wildman–Crippen LogP) is 21.1. The van der Waals surface area contributed by atoms with Crippen molar-refractivity contribution in [3.8, 4) is 0 Å². The van der Waals surface area contributed by atoms with E-state index in [1.54, 1.807) is 6.08 Å². The maximum Gasteiger partial charge on any atom is 0.220 e. The van der Waals surface area contributed by atoms with E-state index in [4.69, 9.17) is 0 Å². The van der Waals surface area contributed by atoms with Crippen LogP contribution >= 0.6 is 0 Å². The molecule has 0 rings (SSSR count). The van der Waals surface area contributed by atoms with Crippen molar-refractivity contribution in [1.82, 2.24) is 5.32 Å². The molecule has 0 aliphatic rings. The number of allylic oxidation sites excluding steroid dienone is 13. The SMILES string of the molecule is CC/C=C\C/C=C\C/C=C\C/C=C\C/C=C\CCCCCCCCCCCCCC(=O)NC(CO)C(O)/C=C/CC/C=C/CCCCCCCCCCCCCCCCCCCCCCCCCCCC. The predicted molar refractivity (Wildman–Crippen MR) is 317 cm³/mol. The van der Waals surface area contributed by atoms with Crippen LogP contribution in [0.25, 0.3) is 0 Å². The van der Waals surface area contributed by atoms with E-state index in [1.807, 2.05) is 6.08 Å². The van der Waals surface area contributed by atoms with Crippen molar-refractivity contribution >= 4 is 5.91 Å². The largest absolute Gasteiger partial charge is 0.394 e. The van der Waals surface area contributed by atoms with Crippen molar-refractivity contribution in [3.63, 3.8) is 0 Å². The molecule has 0 heterocycles. The molecule has 2 atom stereocenters. The van der Waals surface area contributed by atoms with Gasteiger partial charge >= 0.3 is 0 Å². The van der Waals surface area contributed by atoms with Crippen LogP contribution in [0.15, 0.2) is 85.1 Å². The normalized spacial score (nSPS) is 13.4. The van der Waals surface area contributed by atoms with Crippen LogP contribution in [-0.2, 0) is 4.79 Å². The van der Waals surface area contributed by atoms with Crippen LogP contribution in [0.5, 0.6) is 0 Å². The molecule has 71 heavy (non-hydrogen) atoms. The average Bonchev–Trinajstić information content (AvgIpc) is 3.37. The maximum atomic E-state index is 12.5. The summed E-state index contributed by atoms with van der Waals surface area (Å²) in [7, 11) is 0. The Kier molecular flexibility index (Phi) is 59.8. The first kappa shape index (κ1) is 68.6. The molecule has 1 amide bonds. The first-order valence-corrected chi connectivity index (χ1v) is 31.3. The Balaban J connectivity index is 3.52. The molecular weight excluding hydrogens is 867 g/mol. The molecule has 0 aromatic rings. The van der Waals surface area contributed by atoms with Crippen LogP contribution in [0.3, 0.4) is 0 Å². The molecule has 0 aromatic carbocycles. The Morgan fingerprint density at radius 1 is 0.352 bits per heavy atom. The van der Waals surface area contributed by atoms with Crippen LogP contribution in [0, 0.1) is 0 Å². The van der Waals surface area contributed by atoms with E-state index in [0.717, 1.165) is 64.2 Å². The third-order valence-electron chi connectivity index (χ3n) is 14.1. The van der Waals surface area contributed by atoms with Crippen LogP contribution in [0.2, 0.25) is 0 Å². The number of aliphatic hydroxyl groups excluding tert-OH is 2. The summed E-state index contributed by atoms with van der Waals surface area (Å²) >= 11 is 0. The fraction of sp³-hybridized carbons (Fsp3) is 0.776. The van der Waals surface area contributed by atoms with Gasteiger partial charge in [-0.25, -0.2) is 0 Å². The highest BCUT2D eigenvalue weighted by molar-refractivity contribution is 5.76. The van der Waals surface area contributed by atoms with Gasteiger partial charge in [0.1, 0.15) is 0 Å². The average molecular weight is 989 g/mol. The molecule has 0 fully saturated rings. The summed E-state index contributed by atoms with van der Waals surface area (Å²) in [4.78, 5) is 12.5. The van der Waals surface area contributed by atoms with Gasteiger partial charge in [-0.1, -0.05) is 317 Å². The number of aliphatic hydroxyl groups is 2. The van der Waals surface area contributed by atoms with Gasteiger partial charge in [-0.15, -0.1) is 0 Å². The van der Waals surface area contributed by atoms with Crippen molar-refractivity contribution in [2.45, 2.75) is 328 Å². The molecule has 0 aliphatic heterocycles. The molecule has 4 nitrogen and oxygen atoms in total. The van der Waals surface area contributed by atoms with Crippen LogP contribution < -0.4 is 5.32 Å². The first-order chi connectivity index (χ1) is 35.2. The zero-order chi connectivity index (χ0) is 51.3. The van der Waals surface area contributed by atoms with Gasteiger partial charge in [-0.3, -0.25) is 4.79 Å². The lowest BCUT2D eigenvalue weighted by Gasteiger charge is -2.19. The molecule has 0 saturated heterocycles. The van der Waals surface area contributed by atoms with Gasteiger partial charge in [0.05, 0.1) is 18.8 Å². The van der Waals surface area contributed by atoms with E-state index in [2.05, 4.69) is 92.1 Å². The van der Waals surface area contributed by atoms with Gasteiger partial charge in [0, 0.05) is 6.42 Å². The number of hydrogen-bond donors (Lipinski definition) is 3. The quantitative estimate of drug-likeness (QED) is 0.0420. The number of carbonyl (C=O) groups is 1. The van der Waals surface area contributed by atoms with E-state index >= 15 is 0 Å². The molecule has 0 saturated carbocycles. The minimum Gasteiger partial charge on any atom is -0.394 e. The second kappa shape index (κ2) is 61.9. The highest BCUT2D eigenvalue weighted by Crippen LogP contribution is 2.17. The van der Waals surface area contributed by atoms with Crippen molar-refractivity contribution in [3.05, 3.63) is 85.1 Å². The highest BCUT2D eigenvalue weighted by atomic mass is 16.3. The van der Waals surface area contributed by atoms with Gasteiger partial charge in [-0.2, -0.15) is 0 Å². The van der Waals surface area contributed by atoms with Gasteiger partial charge in [0.2, 0.25) is 5.91 Å². The molecule has 0 spiro atoms. The molecule has 0 bridgehead atoms. The summed E-state index contributed by atoms with van der Waals surface area (Å²) in [5.74, 6) is -0.0770. The highest BCUT2D eigenvalue weighted by Gasteiger charge is 2.18. The van der Waals surface area contributed by atoms with Gasteiger partial charge < -0.3 is 15.5 Å². The third-order valence-corrected chi connectivity index (χ3v) is 14.1. The van der Waals surface area contributed by atoms with E-state index < -0.39 is 12.1 Å². The number of rotatable bonds is 57. The lowest BCUT2D eigenvalue weighted by Crippen LogP contribution is -2.45. The second-order valence-corrected chi connectivity index (χ2v) is 21.1. The fourth-order valence-electron chi connectivity index (χ4n) is 9.40. The second-order valence-electron chi connectivity index (χ2n) is 21.1. The van der Waals surface area contributed by atoms with E-state index in [0.29, 0.717) is 6.42 Å². The minimum atomic E-state index is -0.870. The van der Waals surface area contributed by atoms with Crippen molar-refractivity contribution < 1.29 is 15.0 Å². The molecule has 4 heteroatoms. The molecule has 0 aliphatic carbocycles. The maximum absolute atomic E-state index is 12.5. The molecule has 0 aromatic heterocycles. The Bertz CT molecular complexity index is 1260. The summed E-state index contributed by atoms with van der Waals surface area (Å²) in [6, 6.07) is -0.647. The zero-order valence-corrected chi connectivity index (χ0v) is 47.5. The number of unbranched alkanes of at least 4 members (excludes halogenated alkanes) is 38. The third kappa shape index (κ3) is 58.3. The topological polar surface area (TPSA) is 69.6 Å². The summed E-state index contributed by atoms with van der Waals surface area (Å²) in [5.41, 5.74) is 0. The molecule has 412 valence electrons. The smallest absolute Gasteiger partial charge is 0.220 e. The van der Waals surface area contributed by atoms with E-state index in [-0.39, 0.29) is 12.5 Å². The van der Waals surface area contributed by atoms with E-state index in [9.17, 15) is 15.0 Å². The Morgan fingerprint density at radius 3 is 0.986 bits per heavy atom. The van der Waals surface area contributed by atoms with Crippen LogP contribution in [-0.4, -0.2) is 34.9 Å². The van der Waals surface area contributed by atoms with Crippen molar-refractivity contribution in [1.29, 1.82) is 0 Å². The molecule has 2 unspecified atom stereocenters. The first-order valence-electron chi connectivity index (χ1n) is 31.3. The fourth-order valence-corrected chi connectivity index (χ4v) is 9.40. The lowest BCUT2D eigenvalue weighted by atomic mass is 10.0. The molecule has 0 radical (unpaired) electrons. The zero-order valence-electron chi connectivity index (χ0n) is 47.5. The van der Waals surface area contributed by atoms with E-state index in [1.165, 1.54) is 231 Å². The van der Waals surface area contributed by atoms with Crippen molar-refractivity contribution in [2.75, 3.05) is 6.61 Å². The molecule has 3 N–H and O–H groups in total. The summed E-state index contributed by atoms with van der Waals surface area (Å²) in [6.45, 7) is 4.21. The number of carbonyl (C=O) groups excluding carboxylic acids is 1. The Morgan fingerprint density at radius 2 is 0.634 bits per heavy atom. The Labute approximate surface area is 443 Å². The van der Waals surface area contributed by atoms with Gasteiger partial charge in [0.15, 0.2) is 0 Å². The standard InChI is InChI=1S/C67H121NO3/c1-3-5-7-9-11-13-15-17-19-21-23-25-27-29-31-32-33-34-35-37-38-40-42-44-46-48-50-52-54-56-58-60-62-66(70)65(64-69)68-67(71)63-61-59-57-55-53-51-49-47-45-43-41-39-36-30-28-26-24-22-20-18-16-14-12-10-8-6-4-2/h6,8,12,14,18,20,24,26,30,36,52,54,60,62,65-66,69-70H,3-5,7,9-11,13,15-17,19,21-23,25,27-29,31-35,37-51,53,55-59,61,63-64H2,1-2H3,(H,68,71)/b8-6-,14-12-,20-18-,26-24-,36-30-,54-52+,62-60+. The summed E-state index contributed by atoms with van der Waals surface area (Å²) < 4.78 is 0. The van der Waals surface area contributed by atoms with Gasteiger partial charge in [0.25, 0.3) is 0 Å². The lowest BCUT2D eigenvalue weighted by molar-refractivity contribution is -0.123. The van der Waals surface area contributed by atoms with Crippen LogP contribution in [0.1, 0.15) is 316 Å². The molecular formula is C67H121NO3. The summed E-state index contributed by atoms with van der Waals surface area (Å²) in [6.07, 6.45) is 90.6. The number of hydrogen-bond acceptors (Lipinski definition) is 3.